The fourth-order valence-corrected chi connectivity index (χ4v) is 3.17. The third kappa shape index (κ3) is 4.16. The van der Waals surface area contributed by atoms with E-state index in [1.54, 1.807) is 12.1 Å². The fraction of sp³-hybridized carbons (Fsp3) is 0.105. The van der Waals surface area contributed by atoms with Gasteiger partial charge in [0.05, 0.1) is 16.3 Å². The Morgan fingerprint density at radius 3 is 2.72 bits per heavy atom. The van der Waals surface area contributed by atoms with Gasteiger partial charge in [0.15, 0.2) is 0 Å². The van der Waals surface area contributed by atoms with Gasteiger partial charge in [0.25, 0.3) is 11.2 Å². The Kier molecular flexibility index (Phi) is 5.74. The average Bonchev–Trinajstić information content (AvgIpc) is 2.68. The van der Waals surface area contributed by atoms with E-state index in [0.29, 0.717) is 12.1 Å². The van der Waals surface area contributed by atoms with Crippen molar-refractivity contribution in [3.05, 3.63) is 89.0 Å². The zero-order valence-electron chi connectivity index (χ0n) is 15.1. The Bertz CT molecular complexity index is 1250. The van der Waals surface area contributed by atoms with Crippen LogP contribution in [0.2, 0.25) is 0 Å². The molecule has 1 heterocycles. The summed E-state index contributed by atoms with van der Waals surface area (Å²) in [5.41, 5.74) is -0.630. The van der Waals surface area contributed by atoms with E-state index in [0.717, 1.165) is 20.8 Å². The van der Waals surface area contributed by atoms with Crippen LogP contribution in [0.4, 0.5) is 11.4 Å². The van der Waals surface area contributed by atoms with E-state index in [9.17, 15) is 24.8 Å². The number of aromatic amines is 1. The first kappa shape index (κ1) is 20.2. The standard InChI is InChI=1S/C19H15BrN4O5/c1-2-11-8-12(20)6-7-16(11)23-18(26)15(17(25)22-19(23)27)10-21-13-4-3-5-14(9-13)24(28)29/h3-10,26H,2H2,1H3,(H,22,25,27). The molecule has 0 atom stereocenters. The number of halogens is 1. The molecule has 2 aromatic carbocycles. The number of aromatic hydroxyl groups is 1. The van der Waals surface area contributed by atoms with Crippen molar-refractivity contribution in [2.45, 2.75) is 13.3 Å². The maximum Gasteiger partial charge on any atom is 0.335 e. The molecule has 1 aromatic heterocycles. The molecule has 0 fully saturated rings. The van der Waals surface area contributed by atoms with Crippen LogP contribution in [0.5, 0.6) is 5.88 Å². The van der Waals surface area contributed by atoms with Crippen molar-refractivity contribution in [2.75, 3.05) is 0 Å². The average molecular weight is 459 g/mol. The van der Waals surface area contributed by atoms with Gasteiger partial charge in [-0.05, 0) is 36.2 Å². The Labute approximate surface area is 172 Å². The predicted molar refractivity (Wildman–Crippen MR) is 112 cm³/mol. The first-order chi connectivity index (χ1) is 13.8. The van der Waals surface area contributed by atoms with E-state index in [-0.39, 0.29) is 16.9 Å². The van der Waals surface area contributed by atoms with Crippen LogP contribution in [0.1, 0.15) is 18.1 Å². The lowest BCUT2D eigenvalue weighted by Gasteiger charge is -2.13. The third-order valence-electron chi connectivity index (χ3n) is 4.17. The predicted octanol–water partition coefficient (Wildman–Crippen LogP) is 3.22. The van der Waals surface area contributed by atoms with E-state index in [1.807, 2.05) is 13.0 Å². The van der Waals surface area contributed by atoms with Gasteiger partial charge in [-0.25, -0.2) is 9.36 Å². The van der Waals surface area contributed by atoms with Gasteiger partial charge < -0.3 is 5.11 Å². The number of rotatable bonds is 5. The zero-order valence-corrected chi connectivity index (χ0v) is 16.7. The number of aryl methyl sites for hydroxylation is 1. The summed E-state index contributed by atoms with van der Waals surface area (Å²) >= 11 is 3.36. The van der Waals surface area contributed by atoms with E-state index >= 15 is 0 Å². The number of nitro groups is 1. The lowest BCUT2D eigenvalue weighted by molar-refractivity contribution is -0.384. The highest BCUT2D eigenvalue weighted by molar-refractivity contribution is 9.10. The number of hydrogen-bond acceptors (Lipinski definition) is 6. The minimum Gasteiger partial charge on any atom is -0.493 e. The summed E-state index contributed by atoms with van der Waals surface area (Å²) in [6.07, 6.45) is 1.64. The molecular formula is C19H15BrN4O5. The monoisotopic (exact) mass is 458 g/mol. The van der Waals surface area contributed by atoms with E-state index in [2.05, 4.69) is 25.9 Å². The van der Waals surface area contributed by atoms with Crippen molar-refractivity contribution < 1.29 is 10.0 Å². The summed E-state index contributed by atoms with van der Waals surface area (Å²) in [7, 11) is 0. The minimum atomic E-state index is -0.826. The normalized spacial score (nSPS) is 11.1. The summed E-state index contributed by atoms with van der Waals surface area (Å²) in [5, 5.41) is 21.5. The number of nitrogens with zero attached hydrogens (tertiary/aromatic N) is 3. The van der Waals surface area contributed by atoms with E-state index in [1.165, 1.54) is 24.3 Å². The molecule has 3 aromatic rings. The Hall–Kier alpha value is -3.53. The number of aromatic nitrogens is 2. The fourth-order valence-electron chi connectivity index (χ4n) is 2.76. The molecule has 2 N–H and O–H groups in total. The van der Waals surface area contributed by atoms with Crippen LogP contribution in [-0.4, -0.2) is 25.8 Å². The molecule has 0 radical (unpaired) electrons. The zero-order chi connectivity index (χ0) is 21.1. The van der Waals surface area contributed by atoms with Gasteiger partial charge in [0, 0.05) is 22.8 Å². The first-order valence-electron chi connectivity index (χ1n) is 8.47. The number of nitrogens with one attached hydrogen (secondary N) is 1. The summed E-state index contributed by atoms with van der Waals surface area (Å²) in [6, 6.07) is 10.7. The van der Waals surface area contributed by atoms with Crippen molar-refractivity contribution >= 4 is 33.5 Å². The number of non-ortho nitro benzene ring substituents is 1. The van der Waals surface area contributed by atoms with Crippen LogP contribution < -0.4 is 11.2 Å². The summed E-state index contributed by atoms with van der Waals surface area (Å²) in [4.78, 5) is 41.1. The largest absolute Gasteiger partial charge is 0.493 e. The Morgan fingerprint density at radius 1 is 1.28 bits per heavy atom. The highest BCUT2D eigenvalue weighted by atomic mass is 79.9. The van der Waals surface area contributed by atoms with Crippen LogP contribution in [0.25, 0.3) is 5.69 Å². The molecule has 29 heavy (non-hydrogen) atoms. The number of nitro benzene ring substituents is 1. The SMILES string of the molecule is CCc1cc(Br)ccc1-n1c(O)c(C=Nc2cccc([N+](=O)[O-])c2)c(=O)[nH]c1=O. The molecule has 0 unspecified atom stereocenters. The van der Waals surface area contributed by atoms with Crippen molar-refractivity contribution in [2.24, 2.45) is 4.99 Å². The van der Waals surface area contributed by atoms with Gasteiger partial charge in [0.2, 0.25) is 5.88 Å². The maximum atomic E-state index is 12.4. The number of H-pyrrole nitrogens is 1. The van der Waals surface area contributed by atoms with Gasteiger partial charge >= 0.3 is 5.69 Å². The topological polar surface area (TPSA) is 131 Å². The lowest BCUT2D eigenvalue weighted by atomic mass is 10.1. The highest BCUT2D eigenvalue weighted by Crippen LogP contribution is 2.24. The van der Waals surface area contributed by atoms with Gasteiger partial charge in [-0.2, -0.15) is 0 Å². The third-order valence-corrected chi connectivity index (χ3v) is 4.66. The van der Waals surface area contributed by atoms with E-state index in [4.69, 9.17) is 0 Å². The van der Waals surface area contributed by atoms with Crippen molar-refractivity contribution in [1.29, 1.82) is 0 Å². The van der Waals surface area contributed by atoms with Gasteiger partial charge in [0.1, 0.15) is 5.56 Å². The quantitative estimate of drug-likeness (QED) is 0.344. The van der Waals surface area contributed by atoms with Crippen LogP contribution in [-0.2, 0) is 6.42 Å². The Balaban J connectivity index is 2.14. The molecule has 0 bridgehead atoms. The number of hydrogen-bond donors (Lipinski definition) is 2. The van der Waals surface area contributed by atoms with Gasteiger partial charge in [-0.15, -0.1) is 0 Å². The molecule has 9 nitrogen and oxygen atoms in total. The van der Waals surface area contributed by atoms with Gasteiger partial charge in [-0.1, -0.05) is 28.9 Å². The molecule has 0 aliphatic heterocycles. The maximum absolute atomic E-state index is 12.4. The minimum absolute atomic E-state index is 0.162. The lowest BCUT2D eigenvalue weighted by Crippen LogP contribution is -2.31. The molecule has 0 aliphatic rings. The molecule has 0 spiro atoms. The molecule has 0 saturated carbocycles. The van der Waals surface area contributed by atoms with Crippen molar-refractivity contribution in [3.63, 3.8) is 0 Å². The molecule has 0 aliphatic carbocycles. The number of benzene rings is 2. The van der Waals surface area contributed by atoms with Crippen molar-refractivity contribution in [3.8, 4) is 11.6 Å². The second kappa shape index (κ2) is 8.23. The molecular weight excluding hydrogens is 444 g/mol. The summed E-state index contributed by atoms with van der Waals surface area (Å²) in [5.74, 6) is -0.579. The second-order valence-electron chi connectivity index (χ2n) is 5.99. The van der Waals surface area contributed by atoms with Crippen LogP contribution in [0, 0.1) is 10.1 Å². The van der Waals surface area contributed by atoms with Crippen LogP contribution >= 0.6 is 15.9 Å². The molecule has 10 heteroatoms. The summed E-state index contributed by atoms with van der Waals surface area (Å²) < 4.78 is 1.80. The smallest absolute Gasteiger partial charge is 0.335 e. The number of aliphatic imine (C=N–C) groups is 1. The van der Waals surface area contributed by atoms with Crippen molar-refractivity contribution in [1.82, 2.24) is 9.55 Å². The van der Waals surface area contributed by atoms with E-state index < -0.39 is 22.1 Å². The Morgan fingerprint density at radius 2 is 2.03 bits per heavy atom. The molecule has 0 saturated heterocycles. The molecule has 3 rings (SSSR count). The molecule has 0 amide bonds. The molecule has 148 valence electrons. The highest BCUT2D eigenvalue weighted by Gasteiger charge is 2.16. The first-order valence-corrected chi connectivity index (χ1v) is 9.26. The van der Waals surface area contributed by atoms with Gasteiger partial charge in [-0.3, -0.25) is 24.9 Å². The summed E-state index contributed by atoms with van der Waals surface area (Å²) in [6.45, 7) is 1.89. The van der Waals surface area contributed by atoms with Crippen LogP contribution in [0.3, 0.4) is 0 Å². The van der Waals surface area contributed by atoms with Crippen LogP contribution in [0.15, 0.2) is 61.5 Å². The second-order valence-corrected chi connectivity index (χ2v) is 6.91.